The number of nitrogens with one attached hydrogen (secondary N) is 2. The Balaban J connectivity index is 1.46. The third kappa shape index (κ3) is 7.58. The van der Waals surface area contributed by atoms with Crippen molar-refractivity contribution in [3.8, 4) is 11.5 Å². The van der Waals surface area contributed by atoms with E-state index in [1.54, 1.807) is 41.9 Å². The van der Waals surface area contributed by atoms with Gasteiger partial charge in [-0.2, -0.15) is 0 Å². The van der Waals surface area contributed by atoms with Crippen molar-refractivity contribution >= 4 is 22.8 Å². The number of ether oxygens (including phenoxy) is 2. The van der Waals surface area contributed by atoms with E-state index in [9.17, 15) is 18.0 Å². The molecule has 4 aromatic carbocycles. The zero-order chi connectivity index (χ0) is 27.0. The Hall–Kier alpha value is -4.34. The molecule has 0 fully saturated rings. The lowest BCUT2D eigenvalue weighted by Gasteiger charge is -2.14. The SMILES string of the molecule is O=C(NO)c1ccc(/C=C(/CNCc2ccc(OC(F)(F)F)cc2)COc2cccc3ccccc23)cc1. The van der Waals surface area contributed by atoms with Crippen molar-refractivity contribution < 1.29 is 32.6 Å². The van der Waals surface area contributed by atoms with Crippen molar-refractivity contribution in [1.82, 2.24) is 10.8 Å². The topological polar surface area (TPSA) is 79.8 Å². The molecule has 0 bridgehead atoms. The number of fused-ring (bicyclic) bond motifs is 1. The summed E-state index contributed by atoms with van der Waals surface area (Å²) in [4.78, 5) is 11.6. The van der Waals surface area contributed by atoms with Gasteiger partial charge in [-0.3, -0.25) is 10.0 Å². The maximum Gasteiger partial charge on any atom is 0.573 e. The van der Waals surface area contributed by atoms with Gasteiger partial charge in [0, 0.05) is 24.0 Å². The molecule has 0 aromatic heterocycles. The maximum atomic E-state index is 12.4. The van der Waals surface area contributed by atoms with Crippen molar-refractivity contribution in [3.63, 3.8) is 0 Å². The summed E-state index contributed by atoms with van der Waals surface area (Å²) in [7, 11) is 0. The molecule has 196 valence electrons. The first-order valence-electron chi connectivity index (χ1n) is 11.7. The van der Waals surface area contributed by atoms with Crippen molar-refractivity contribution in [1.29, 1.82) is 0 Å². The molecule has 6 nitrogen and oxygen atoms in total. The molecule has 0 radical (unpaired) electrons. The van der Waals surface area contributed by atoms with Gasteiger partial charge in [0.1, 0.15) is 18.1 Å². The van der Waals surface area contributed by atoms with Crippen LogP contribution < -0.4 is 20.3 Å². The highest BCUT2D eigenvalue weighted by Gasteiger charge is 2.30. The van der Waals surface area contributed by atoms with E-state index in [0.717, 1.165) is 33.2 Å². The Morgan fingerprint density at radius 3 is 2.32 bits per heavy atom. The third-order valence-electron chi connectivity index (χ3n) is 5.65. The van der Waals surface area contributed by atoms with Gasteiger partial charge in [0.05, 0.1) is 0 Å². The Labute approximate surface area is 217 Å². The lowest BCUT2D eigenvalue weighted by Crippen LogP contribution is -2.20. The number of alkyl halides is 3. The minimum atomic E-state index is -4.73. The first kappa shape index (κ1) is 26.7. The zero-order valence-corrected chi connectivity index (χ0v) is 20.2. The minimum Gasteiger partial charge on any atom is -0.489 e. The molecule has 1 amide bonds. The number of rotatable bonds is 10. The van der Waals surface area contributed by atoms with E-state index in [2.05, 4.69) is 10.1 Å². The number of hydrogen-bond acceptors (Lipinski definition) is 5. The second-order valence-electron chi connectivity index (χ2n) is 8.43. The lowest BCUT2D eigenvalue weighted by molar-refractivity contribution is -0.274. The van der Waals surface area contributed by atoms with Gasteiger partial charge >= 0.3 is 6.36 Å². The number of hydroxylamine groups is 1. The first-order valence-corrected chi connectivity index (χ1v) is 11.7. The third-order valence-corrected chi connectivity index (χ3v) is 5.65. The number of carbonyl (C=O) groups is 1. The van der Waals surface area contributed by atoms with Crippen LogP contribution in [0, 0.1) is 0 Å². The molecule has 0 unspecified atom stereocenters. The van der Waals surface area contributed by atoms with Crippen LogP contribution in [0.2, 0.25) is 0 Å². The molecule has 38 heavy (non-hydrogen) atoms. The Bertz CT molecular complexity index is 1400. The number of carbonyl (C=O) groups excluding carboxylic acids is 1. The smallest absolute Gasteiger partial charge is 0.489 e. The van der Waals surface area contributed by atoms with Crippen molar-refractivity contribution in [2.75, 3.05) is 13.2 Å². The second-order valence-corrected chi connectivity index (χ2v) is 8.43. The highest BCUT2D eigenvalue weighted by Crippen LogP contribution is 2.26. The fourth-order valence-electron chi connectivity index (χ4n) is 3.84. The van der Waals surface area contributed by atoms with Gasteiger partial charge in [-0.25, -0.2) is 5.48 Å². The average molecular weight is 523 g/mol. The number of halogens is 3. The van der Waals surface area contributed by atoms with E-state index in [1.807, 2.05) is 48.5 Å². The average Bonchev–Trinajstić information content (AvgIpc) is 2.91. The van der Waals surface area contributed by atoms with Crippen LogP contribution >= 0.6 is 0 Å². The van der Waals surface area contributed by atoms with E-state index in [1.165, 1.54) is 12.1 Å². The van der Waals surface area contributed by atoms with Gasteiger partial charge in [-0.1, -0.05) is 66.7 Å². The van der Waals surface area contributed by atoms with Crippen LogP contribution in [0.1, 0.15) is 21.5 Å². The second kappa shape index (κ2) is 12.3. The summed E-state index contributed by atoms with van der Waals surface area (Å²) in [5.74, 6) is -0.138. The molecule has 4 rings (SSSR count). The van der Waals surface area contributed by atoms with E-state index in [4.69, 9.17) is 9.94 Å². The minimum absolute atomic E-state index is 0.274. The normalized spacial score (nSPS) is 11.8. The zero-order valence-electron chi connectivity index (χ0n) is 20.2. The number of hydrogen-bond donors (Lipinski definition) is 3. The molecule has 9 heteroatoms. The molecule has 0 saturated carbocycles. The van der Waals surface area contributed by atoms with Crippen LogP contribution in [0.3, 0.4) is 0 Å². The van der Waals surface area contributed by atoms with Crippen LogP contribution in [-0.2, 0) is 6.54 Å². The molecule has 3 N–H and O–H groups in total. The monoisotopic (exact) mass is 522 g/mol. The fraction of sp³-hybridized carbons (Fsp3) is 0.138. The van der Waals surface area contributed by atoms with E-state index in [0.29, 0.717) is 18.7 Å². The molecule has 0 aliphatic rings. The molecule has 0 saturated heterocycles. The van der Waals surface area contributed by atoms with Crippen LogP contribution in [0.15, 0.2) is 96.6 Å². The summed E-state index contributed by atoms with van der Waals surface area (Å²) >= 11 is 0. The summed E-state index contributed by atoms with van der Waals surface area (Å²) in [6, 6.07) is 26.1. The van der Waals surface area contributed by atoms with Crippen LogP contribution in [-0.4, -0.2) is 30.6 Å². The molecule has 0 aliphatic carbocycles. The Morgan fingerprint density at radius 2 is 1.61 bits per heavy atom. The number of benzene rings is 4. The van der Waals surface area contributed by atoms with Gasteiger partial charge in [-0.05, 0) is 52.4 Å². The van der Waals surface area contributed by atoms with Gasteiger partial charge in [0.15, 0.2) is 0 Å². The van der Waals surface area contributed by atoms with Crippen LogP contribution in [0.5, 0.6) is 11.5 Å². The Kier molecular flexibility index (Phi) is 8.62. The highest BCUT2D eigenvalue weighted by atomic mass is 19.4. The molecule has 0 spiro atoms. The van der Waals surface area contributed by atoms with E-state index < -0.39 is 12.3 Å². The largest absolute Gasteiger partial charge is 0.573 e. The highest BCUT2D eigenvalue weighted by molar-refractivity contribution is 5.93. The van der Waals surface area contributed by atoms with Gasteiger partial charge in [0.25, 0.3) is 5.91 Å². The maximum absolute atomic E-state index is 12.4. The fourth-order valence-corrected chi connectivity index (χ4v) is 3.84. The lowest BCUT2D eigenvalue weighted by atomic mass is 10.1. The van der Waals surface area contributed by atoms with Gasteiger partial charge < -0.3 is 14.8 Å². The summed E-state index contributed by atoms with van der Waals surface area (Å²) in [6.45, 7) is 1.12. The number of amides is 1. The standard InChI is InChI=1S/C29H25F3N2O4/c30-29(31,32)38-25-14-10-21(11-15-25)17-33-18-22(16-20-8-12-24(13-9-20)28(35)34-36)19-37-27-7-3-5-23-4-1-2-6-26(23)27/h1-16,33,36H,17-19H2,(H,34,35)/b22-16-. The van der Waals surface area contributed by atoms with E-state index >= 15 is 0 Å². The van der Waals surface area contributed by atoms with Crippen molar-refractivity contribution in [3.05, 3.63) is 113 Å². The summed E-state index contributed by atoms with van der Waals surface area (Å²) in [5.41, 5.74) is 4.43. The predicted molar refractivity (Wildman–Crippen MR) is 138 cm³/mol. The van der Waals surface area contributed by atoms with Crippen molar-refractivity contribution in [2.45, 2.75) is 12.9 Å². The molecular formula is C29H25F3N2O4. The van der Waals surface area contributed by atoms with Crippen molar-refractivity contribution in [2.24, 2.45) is 0 Å². The molecule has 0 heterocycles. The molecule has 0 aliphatic heterocycles. The summed E-state index contributed by atoms with van der Waals surface area (Å²) in [5, 5.41) is 14.2. The predicted octanol–water partition coefficient (Wildman–Crippen LogP) is 6.11. The molecule has 4 aromatic rings. The summed E-state index contributed by atoms with van der Waals surface area (Å²) in [6.07, 6.45) is -2.80. The van der Waals surface area contributed by atoms with E-state index in [-0.39, 0.29) is 12.4 Å². The van der Waals surface area contributed by atoms with Gasteiger partial charge in [-0.15, -0.1) is 13.2 Å². The molecule has 0 atom stereocenters. The first-order chi connectivity index (χ1) is 18.3. The molecular weight excluding hydrogens is 497 g/mol. The Morgan fingerprint density at radius 1 is 0.895 bits per heavy atom. The quantitative estimate of drug-likeness (QED) is 0.173. The van der Waals surface area contributed by atoms with Crippen LogP contribution in [0.25, 0.3) is 16.8 Å². The van der Waals surface area contributed by atoms with Gasteiger partial charge in [0.2, 0.25) is 0 Å². The van der Waals surface area contributed by atoms with Crippen LogP contribution in [0.4, 0.5) is 13.2 Å². The summed E-state index contributed by atoms with van der Waals surface area (Å²) < 4.78 is 47.3.